The van der Waals surface area contributed by atoms with Crippen LogP contribution >= 0.6 is 15.9 Å². The van der Waals surface area contributed by atoms with Crippen LogP contribution < -0.4 is 10.2 Å². The van der Waals surface area contributed by atoms with Gasteiger partial charge in [0.1, 0.15) is 0 Å². The minimum Gasteiger partial charge on any atom is -0.379 e. The lowest BCUT2D eigenvalue weighted by Gasteiger charge is -2.24. The fourth-order valence-electron chi connectivity index (χ4n) is 3.04. The lowest BCUT2D eigenvalue weighted by atomic mass is 10.1. The molecule has 2 saturated heterocycles. The van der Waals surface area contributed by atoms with E-state index in [4.69, 9.17) is 4.74 Å². The molecule has 0 bridgehead atoms. The van der Waals surface area contributed by atoms with Gasteiger partial charge in [-0.25, -0.2) is 0 Å². The summed E-state index contributed by atoms with van der Waals surface area (Å²) in [5.41, 5.74) is 0.810. The second-order valence-electron chi connectivity index (χ2n) is 6.35. The molecule has 2 amide bonds. The van der Waals surface area contributed by atoms with Crippen molar-refractivity contribution in [2.75, 3.05) is 50.8 Å². The van der Waals surface area contributed by atoms with Gasteiger partial charge in [0.2, 0.25) is 11.8 Å². The number of carbonyl (C=O) groups is 2. The van der Waals surface area contributed by atoms with Crippen LogP contribution in [0.3, 0.4) is 0 Å². The zero-order valence-corrected chi connectivity index (χ0v) is 16.1. The quantitative estimate of drug-likeness (QED) is 0.746. The Morgan fingerprint density at radius 2 is 2.12 bits per heavy atom. The van der Waals surface area contributed by atoms with E-state index in [1.54, 1.807) is 4.90 Å². The van der Waals surface area contributed by atoms with Crippen molar-refractivity contribution < 1.29 is 14.3 Å². The molecule has 138 valence electrons. The molecule has 1 aromatic carbocycles. The molecule has 2 fully saturated rings. The van der Waals surface area contributed by atoms with Crippen molar-refractivity contribution in [3.8, 4) is 11.8 Å². The average molecular weight is 420 g/mol. The molecule has 7 heteroatoms. The van der Waals surface area contributed by atoms with Gasteiger partial charge in [-0.2, -0.15) is 0 Å². The van der Waals surface area contributed by atoms with Crippen LogP contribution in [0.5, 0.6) is 0 Å². The van der Waals surface area contributed by atoms with E-state index < -0.39 is 0 Å². The molecule has 0 spiro atoms. The Balaban J connectivity index is 1.45. The van der Waals surface area contributed by atoms with E-state index in [0.717, 1.165) is 36.5 Å². The largest absolute Gasteiger partial charge is 0.379 e. The van der Waals surface area contributed by atoms with E-state index in [0.29, 0.717) is 19.6 Å². The summed E-state index contributed by atoms with van der Waals surface area (Å²) in [6.07, 6.45) is 0.236. The number of benzene rings is 1. The topological polar surface area (TPSA) is 61.9 Å². The number of hydrogen-bond acceptors (Lipinski definition) is 4. The van der Waals surface area contributed by atoms with E-state index in [9.17, 15) is 9.59 Å². The van der Waals surface area contributed by atoms with Crippen molar-refractivity contribution in [1.29, 1.82) is 0 Å². The predicted molar refractivity (Wildman–Crippen MR) is 103 cm³/mol. The molecule has 3 rings (SSSR count). The number of hydrogen-bond donors (Lipinski definition) is 1. The fraction of sp³-hybridized carbons (Fsp3) is 0.474. The molecular weight excluding hydrogens is 398 g/mol. The van der Waals surface area contributed by atoms with Crippen molar-refractivity contribution in [2.45, 2.75) is 6.42 Å². The summed E-state index contributed by atoms with van der Waals surface area (Å²) >= 11 is 3.41. The maximum Gasteiger partial charge on any atom is 0.227 e. The third kappa shape index (κ3) is 5.07. The van der Waals surface area contributed by atoms with E-state index in [-0.39, 0.29) is 24.2 Å². The first-order valence-corrected chi connectivity index (χ1v) is 9.52. The van der Waals surface area contributed by atoms with Crippen LogP contribution in [0.15, 0.2) is 28.7 Å². The molecule has 0 aliphatic carbocycles. The van der Waals surface area contributed by atoms with Crippen LogP contribution in [-0.4, -0.2) is 62.7 Å². The number of anilines is 1. The van der Waals surface area contributed by atoms with Gasteiger partial charge in [0, 0.05) is 36.2 Å². The Labute approximate surface area is 162 Å². The zero-order chi connectivity index (χ0) is 18.4. The Morgan fingerprint density at radius 1 is 1.31 bits per heavy atom. The van der Waals surface area contributed by atoms with Crippen LogP contribution in [0.4, 0.5) is 5.69 Å². The lowest BCUT2D eigenvalue weighted by molar-refractivity contribution is -0.126. The standard InChI is InChI=1S/C19H22BrN3O3/c20-16-4-3-5-17(13-16)23-14-15(12-18(23)24)19(25)21-6-1-2-7-22-8-10-26-11-9-22/h3-5,13,15H,6-12,14H2,(H,21,25)/t15-/m0/s1. The van der Waals surface area contributed by atoms with Gasteiger partial charge in [-0.3, -0.25) is 14.5 Å². The highest BCUT2D eigenvalue weighted by Crippen LogP contribution is 2.27. The molecule has 1 aromatic rings. The molecule has 6 nitrogen and oxygen atoms in total. The van der Waals surface area contributed by atoms with Crippen molar-refractivity contribution >= 4 is 33.4 Å². The number of nitrogens with one attached hydrogen (secondary N) is 1. The summed E-state index contributed by atoms with van der Waals surface area (Å²) in [4.78, 5) is 28.4. The van der Waals surface area contributed by atoms with E-state index in [1.807, 2.05) is 24.3 Å². The van der Waals surface area contributed by atoms with Gasteiger partial charge >= 0.3 is 0 Å². The highest BCUT2D eigenvalue weighted by atomic mass is 79.9. The highest BCUT2D eigenvalue weighted by Gasteiger charge is 2.34. The molecule has 2 heterocycles. The van der Waals surface area contributed by atoms with E-state index in [2.05, 4.69) is 38.0 Å². The minimum absolute atomic E-state index is 0.0262. The Morgan fingerprint density at radius 3 is 2.88 bits per heavy atom. The predicted octanol–water partition coefficient (Wildman–Crippen LogP) is 1.25. The van der Waals surface area contributed by atoms with E-state index in [1.165, 1.54) is 0 Å². The molecule has 2 aliphatic heterocycles. The summed E-state index contributed by atoms with van der Waals surface area (Å²) in [7, 11) is 0. The Hall–Kier alpha value is -1.88. The number of ether oxygens (including phenoxy) is 1. The normalized spacial score (nSPS) is 20.6. The number of morpholine rings is 1. The van der Waals surface area contributed by atoms with Gasteiger partial charge in [-0.1, -0.05) is 33.8 Å². The zero-order valence-electron chi connectivity index (χ0n) is 14.5. The van der Waals surface area contributed by atoms with Crippen LogP contribution in [0.2, 0.25) is 0 Å². The van der Waals surface area contributed by atoms with Crippen molar-refractivity contribution in [3.63, 3.8) is 0 Å². The molecule has 0 radical (unpaired) electrons. The first-order chi connectivity index (χ1) is 12.6. The van der Waals surface area contributed by atoms with Crippen LogP contribution in [0.1, 0.15) is 6.42 Å². The number of amides is 2. The molecule has 0 saturated carbocycles. The van der Waals surface area contributed by atoms with E-state index >= 15 is 0 Å². The second kappa shape index (κ2) is 9.17. The molecule has 2 aliphatic rings. The molecular formula is C19H22BrN3O3. The number of carbonyl (C=O) groups excluding carboxylic acids is 2. The van der Waals surface area contributed by atoms with Crippen molar-refractivity contribution in [3.05, 3.63) is 28.7 Å². The van der Waals surface area contributed by atoms with Crippen molar-refractivity contribution in [2.24, 2.45) is 5.92 Å². The van der Waals surface area contributed by atoms with Gasteiger partial charge in [0.15, 0.2) is 0 Å². The maximum absolute atomic E-state index is 12.3. The van der Waals surface area contributed by atoms with Gasteiger partial charge in [0.05, 0.1) is 32.2 Å². The molecule has 1 N–H and O–H groups in total. The maximum atomic E-state index is 12.3. The molecule has 1 atom stereocenters. The second-order valence-corrected chi connectivity index (χ2v) is 7.26. The monoisotopic (exact) mass is 419 g/mol. The molecule has 0 aromatic heterocycles. The number of nitrogens with zero attached hydrogens (tertiary/aromatic N) is 2. The Bertz CT molecular complexity index is 722. The summed E-state index contributed by atoms with van der Waals surface area (Å²) < 4.78 is 6.20. The minimum atomic E-state index is -0.331. The fourth-order valence-corrected chi connectivity index (χ4v) is 3.43. The first kappa shape index (κ1) is 18.9. The van der Waals surface area contributed by atoms with Crippen molar-refractivity contribution in [1.82, 2.24) is 10.2 Å². The van der Waals surface area contributed by atoms with Gasteiger partial charge in [-0.05, 0) is 18.2 Å². The molecule has 0 unspecified atom stereocenters. The number of rotatable bonds is 4. The first-order valence-electron chi connectivity index (χ1n) is 8.73. The highest BCUT2D eigenvalue weighted by molar-refractivity contribution is 9.10. The third-order valence-corrected chi connectivity index (χ3v) is 4.99. The van der Waals surface area contributed by atoms with Gasteiger partial charge < -0.3 is 15.0 Å². The summed E-state index contributed by atoms with van der Waals surface area (Å²) in [5, 5.41) is 2.82. The lowest BCUT2D eigenvalue weighted by Crippen LogP contribution is -2.36. The molecule has 26 heavy (non-hydrogen) atoms. The van der Waals surface area contributed by atoms with Gasteiger partial charge in [-0.15, -0.1) is 0 Å². The van der Waals surface area contributed by atoms with Crippen LogP contribution in [-0.2, 0) is 14.3 Å². The summed E-state index contributed by atoms with van der Waals surface area (Å²) in [6.45, 7) is 4.71. The van der Waals surface area contributed by atoms with Crippen LogP contribution in [0, 0.1) is 17.8 Å². The van der Waals surface area contributed by atoms with Crippen LogP contribution in [0.25, 0.3) is 0 Å². The smallest absolute Gasteiger partial charge is 0.227 e. The SMILES string of the molecule is O=C(NCC#CCN1CCOCC1)[C@H]1CC(=O)N(c2cccc(Br)c2)C1. The Kier molecular flexibility index (Phi) is 6.67. The number of halogens is 1. The van der Waals surface area contributed by atoms with Gasteiger partial charge in [0.25, 0.3) is 0 Å². The summed E-state index contributed by atoms with van der Waals surface area (Å²) in [5.74, 6) is 5.58. The average Bonchev–Trinajstić information content (AvgIpc) is 3.04. The third-order valence-electron chi connectivity index (χ3n) is 4.50. The summed E-state index contributed by atoms with van der Waals surface area (Å²) in [6, 6.07) is 7.54.